The quantitative estimate of drug-likeness (QED) is 0.344. The van der Waals surface area contributed by atoms with Crippen LogP contribution in [0.2, 0.25) is 0 Å². The fraction of sp³-hybridized carbons (Fsp3) is 0.182. The van der Waals surface area contributed by atoms with E-state index in [1.807, 2.05) is 60.1 Å². The van der Waals surface area contributed by atoms with Gasteiger partial charge in [-0.05, 0) is 41.9 Å². The first-order chi connectivity index (χ1) is 15.2. The molecule has 0 bridgehead atoms. The number of carbonyl (C=O) groups excluding carboxylic acids is 1. The van der Waals surface area contributed by atoms with Crippen LogP contribution in [0.15, 0.2) is 74.0 Å². The summed E-state index contributed by atoms with van der Waals surface area (Å²) in [5.74, 6) is 0.550. The first kappa shape index (κ1) is 20.2. The van der Waals surface area contributed by atoms with E-state index < -0.39 is 0 Å². The Labute approximate surface area is 191 Å². The van der Waals surface area contributed by atoms with Crippen LogP contribution in [-0.4, -0.2) is 32.6 Å². The van der Waals surface area contributed by atoms with E-state index >= 15 is 0 Å². The van der Waals surface area contributed by atoms with Gasteiger partial charge in [0.25, 0.3) is 11.1 Å². The second-order valence-electron chi connectivity index (χ2n) is 7.03. The molecule has 156 valence electrons. The molecular weight excluding hydrogens is 448 g/mol. The summed E-state index contributed by atoms with van der Waals surface area (Å²) in [7, 11) is 0. The van der Waals surface area contributed by atoms with E-state index in [0.717, 1.165) is 33.0 Å². The number of hydrogen-bond acceptors (Lipinski definition) is 8. The first-order valence-corrected chi connectivity index (χ1v) is 12.4. The molecule has 0 aliphatic carbocycles. The maximum Gasteiger partial charge on any atom is 0.277 e. The Balaban J connectivity index is 1.30. The molecule has 4 heterocycles. The van der Waals surface area contributed by atoms with Crippen molar-refractivity contribution in [2.24, 2.45) is 5.10 Å². The van der Waals surface area contributed by atoms with Gasteiger partial charge in [-0.3, -0.25) is 4.79 Å². The highest BCUT2D eigenvalue weighted by Crippen LogP contribution is 2.36. The third-order valence-electron chi connectivity index (χ3n) is 4.87. The van der Waals surface area contributed by atoms with Crippen LogP contribution < -0.4 is 0 Å². The second kappa shape index (κ2) is 8.78. The first-order valence-electron chi connectivity index (χ1n) is 9.67. The van der Waals surface area contributed by atoms with Crippen LogP contribution in [0.1, 0.15) is 27.8 Å². The zero-order valence-electron chi connectivity index (χ0n) is 16.6. The largest absolute Gasteiger partial charge is 0.411 e. The minimum Gasteiger partial charge on any atom is -0.411 e. The molecule has 0 spiro atoms. The molecule has 1 atom stereocenters. The Kier molecular flexibility index (Phi) is 5.71. The van der Waals surface area contributed by atoms with Crippen LogP contribution >= 0.6 is 34.4 Å². The summed E-state index contributed by atoms with van der Waals surface area (Å²) in [5.41, 5.74) is 2.97. The fourth-order valence-electron chi connectivity index (χ4n) is 3.30. The van der Waals surface area contributed by atoms with E-state index in [9.17, 15) is 4.79 Å². The third kappa shape index (κ3) is 4.34. The zero-order valence-corrected chi connectivity index (χ0v) is 19.0. The molecule has 4 aromatic rings. The van der Waals surface area contributed by atoms with Crippen molar-refractivity contribution < 1.29 is 9.21 Å². The number of thiophene rings is 2. The predicted octanol–water partition coefficient (Wildman–Crippen LogP) is 5.64. The number of benzene rings is 1. The summed E-state index contributed by atoms with van der Waals surface area (Å²) in [6.45, 7) is 2.03. The smallest absolute Gasteiger partial charge is 0.277 e. The van der Waals surface area contributed by atoms with Crippen LogP contribution in [0, 0.1) is 6.92 Å². The maximum absolute atomic E-state index is 13.1. The van der Waals surface area contributed by atoms with Crippen molar-refractivity contribution in [3.05, 3.63) is 74.6 Å². The van der Waals surface area contributed by atoms with Crippen LogP contribution in [0.3, 0.4) is 0 Å². The van der Waals surface area contributed by atoms with Gasteiger partial charge in [0, 0.05) is 16.9 Å². The van der Waals surface area contributed by atoms with Crippen molar-refractivity contribution in [3.8, 4) is 11.5 Å². The number of nitrogens with zero attached hydrogens (tertiary/aromatic N) is 4. The van der Waals surface area contributed by atoms with Crippen LogP contribution in [-0.2, 0) is 4.79 Å². The number of thioether (sulfide) groups is 1. The van der Waals surface area contributed by atoms with Crippen molar-refractivity contribution in [1.29, 1.82) is 0 Å². The van der Waals surface area contributed by atoms with E-state index in [2.05, 4.69) is 21.4 Å². The summed E-state index contributed by atoms with van der Waals surface area (Å²) in [6.07, 6.45) is 0.718. The molecule has 1 aromatic carbocycles. The molecule has 1 amide bonds. The molecule has 1 aliphatic heterocycles. The molecule has 0 saturated carbocycles. The normalized spacial score (nSPS) is 16.0. The van der Waals surface area contributed by atoms with Crippen molar-refractivity contribution >= 4 is 46.1 Å². The van der Waals surface area contributed by atoms with E-state index in [1.54, 1.807) is 27.7 Å². The number of aryl methyl sites for hydroxylation is 1. The molecule has 6 nitrogen and oxygen atoms in total. The van der Waals surface area contributed by atoms with Crippen molar-refractivity contribution in [2.45, 2.75) is 24.6 Å². The van der Waals surface area contributed by atoms with Crippen LogP contribution in [0.5, 0.6) is 0 Å². The van der Waals surface area contributed by atoms with Gasteiger partial charge in [0.15, 0.2) is 0 Å². The van der Waals surface area contributed by atoms with Gasteiger partial charge in [0.2, 0.25) is 5.89 Å². The molecule has 0 N–H and O–H groups in total. The number of rotatable bonds is 6. The van der Waals surface area contributed by atoms with Crippen LogP contribution in [0.4, 0.5) is 0 Å². The highest BCUT2D eigenvalue weighted by molar-refractivity contribution is 7.99. The molecule has 0 saturated heterocycles. The minimum atomic E-state index is -0.0787. The van der Waals surface area contributed by atoms with E-state index in [1.165, 1.54) is 11.8 Å². The van der Waals surface area contributed by atoms with Gasteiger partial charge in [-0.1, -0.05) is 41.6 Å². The molecule has 31 heavy (non-hydrogen) atoms. The summed E-state index contributed by atoms with van der Waals surface area (Å²) in [6, 6.07) is 15.9. The Morgan fingerprint density at radius 2 is 1.94 bits per heavy atom. The SMILES string of the molecule is Cc1ccc(-c2nnc(SCC(=O)N3N=C(c4cccs4)CC3c3cccs3)o2)cc1. The minimum absolute atomic E-state index is 0.0731. The summed E-state index contributed by atoms with van der Waals surface area (Å²) in [4.78, 5) is 15.3. The predicted molar refractivity (Wildman–Crippen MR) is 125 cm³/mol. The molecular formula is C22H18N4O2S3. The molecule has 9 heteroatoms. The summed E-state index contributed by atoms with van der Waals surface area (Å²) >= 11 is 4.52. The Bertz CT molecular complexity index is 1200. The second-order valence-corrected chi connectivity index (χ2v) is 9.88. The van der Waals surface area contributed by atoms with E-state index in [-0.39, 0.29) is 17.7 Å². The van der Waals surface area contributed by atoms with Gasteiger partial charge in [0.1, 0.15) is 0 Å². The number of hydrogen-bond donors (Lipinski definition) is 0. The van der Waals surface area contributed by atoms with Gasteiger partial charge in [-0.2, -0.15) is 5.10 Å². The summed E-state index contributed by atoms with van der Waals surface area (Å²) < 4.78 is 5.74. The average Bonchev–Trinajstić information content (AvgIpc) is 3.58. The topological polar surface area (TPSA) is 71.6 Å². The lowest BCUT2D eigenvalue weighted by Gasteiger charge is -2.20. The third-order valence-corrected chi connectivity index (χ3v) is 7.56. The maximum atomic E-state index is 13.1. The van der Waals surface area contributed by atoms with Crippen LogP contribution in [0.25, 0.3) is 11.5 Å². The Morgan fingerprint density at radius 3 is 2.68 bits per heavy atom. The summed E-state index contributed by atoms with van der Waals surface area (Å²) in [5, 5.41) is 18.9. The van der Waals surface area contributed by atoms with Crippen molar-refractivity contribution in [1.82, 2.24) is 15.2 Å². The number of hydrazone groups is 1. The highest BCUT2D eigenvalue weighted by atomic mass is 32.2. The van der Waals surface area contributed by atoms with E-state index in [4.69, 9.17) is 4.42 Å². The average molecular weight is 467 g/mol. The van der Waals surface area contributed by atoms with Gasteiger partial charge in [-0.25, -0.2) is 5.01 Å². The van der Waals surface area contributed by atoms with Gasteiger partial charge < -0.3 is 4.42 Å². The zero-order chi connectivity index (χ0) is 21.2. The monoisotopic (exact) mass is 466 g/mol. The number of carbonyl (C=O) groups is 1. The van der Waals surface area contributed by atoms with Gasteiger partial charge >= 0.3 is 0 Å². The van der Waals surface area contributed by atoms with Gasteiger partial charge in [-0.15, -0.1) is 32.9 Å². The molecule has 0 radical (unpaired) electrons. The molecule has 5 rings (SSSR count). The Morgan fingerprint density at radius 1 is 1.13 bits per heavy atom. The lowest BCUT2D eigenvalue weighted by molar-refractivity contribution is -0.130. The van der Waals surface area contributed by atoms with Crippen molar-refractivity contribution in [2.75, 3.05) is 5.75 Å². The van der Waals surface area contributed by atoms with E-state index in [0.29, 0.717) is 11.1 Å². The highest BCUT2D eigenvalue weighted by Gasteiger charge is 2.34. The molecule has 0 fully saturated rings. The van der Waals surface area contributed by atoms with Crippen molar-refractivity contribution in [3.63, 3.8) is 0 Å². The lowest BCUT2D eigenvalue weighted by Crippen LogP contribution is -2.28. The standard InChI is InChI=1S/C22H18N4O2S3/c1-14-6-8-15(9-7-14)21-23-24-22(28-21)31-13-20(27)26-17(19-5-3-11-30-19)12-16(25-26)18-4-2-10-29-18/h2-11,17H,12-13H2,1H3. The molecule has 3 aromatic heterocycles. The fourth-order valence-corrected chi connectivity index (χ4v) is 5.45. The number of amides is 1. The number of aromatic nitrogens is 2. The molecule has 1 aliphatic rings. The lowest BCUT2D eigenvalue weighted by atomic mass is 10.1. The molecule has 1 unspecified atom stereocenters. The van der Waals surface area contributed by atoms with Gasteiger partial charge in [0.05, 0.1) is 22.4 Å². The Hall–Kier alpha value is -2.75.